The summed E-state index contributed by atoms with van der Waals surface area (Å²) < 4.78 is 13.4. The van der Waals surface area contributed by atoms with Crippen LogP contribution < -0.4 is 11.1 Å². The molecule has 0 heterocycles. The van der Waals surface area contributed by atoms with Crippen molar-refractivity contribution < 1.29 is 9.18 Å². The molecule has 2 rings (SSSR count). The molecule has 98 valence electrons. The maximum absolute atomic E-state index is 13.4. The third kappa shape index (κ3) is 2.73. The maximum atomic E-state index is 13.4. The van der Waals surface area contributed by atoms with Crippen molar-refractivity contribution in [3.63, 3.8) is 0 Å². The summed E-state index contributed by atoms with van der Waals surface area (Å²) in [6, 6.07) is 9.91. The van der Waals surface area contributed by atoms with E-state index in [1.807, 2.05) is 0 Å². The van der Waals surface area contributed by atoms with Crippen molar-refractivity contribution in [1.29, 1.82) is 0 Å². The standard InChI is InChI=1S/C15H15FN2O/c1-9-13(16)4-3-5-15(9)18-11-6-7-12(10(2)19)14(17)8-11/h3-8,18H,17H2,1-2H3. The van der Waals surface area contributed by atoms with E-state index in [1.165, 1.54) is 13.0 Å². The van der Waals surface area contributed by atoms with Crippen LogP contribution in [0.3, 0.4) is 0 Å². The maximum Gasteiger partial charge on any atom is 0.161 e. The van der Waals surface area contributed by atoms with Crippen LogP contribution >= 0.6 is 0 Å². The molecule has 2 aromatic carbocycles. The van der Waals surface area contributed by atoms with E-state index >= 15 is 0 Å². The van der Waals surface area contributed by atoms with E-state index in [0.29, 0.717) is 22.5 Å². The second-order valence-corrected chi connectivity index (χ2v) is 4.40. The molecule has 4 heteroatoms. The molecule has 3 nitrogen and oxygen atoms in total. The van der Waals surface area contributed by atoms with Gasteiger partial charge in [-0.3, -0.25) is 4.79 Å². The molecule has 0 amide bonds. The minimum Gasteiger partial charge on any atom is -0.398 e. The molecule has 0 aromatic heterocycles. The first kappa shape index (κ1) is 13.1. The van der Waals surface area contributed by atoms with Gasteiger partial charge in [-0.05, 0) is 44.2 Å². The summed E-state index contributed by atoms with van der Waals surface area (Å²) in [5.74, 6) is -0.343. The van der Waals surface area contributed by atoms with Crippen LogP contribution in [0.5, 0.6) is 0 Å². The van der Waals surface area contributed by atoms with Crippen molar-refractivity contribution in [2.75, 3.05) is 11.1 Å². The number of nitrogen functional groups attached to an aromatic ring is 1. The normalized spacial score (nSPS) is 10.3. The Bertz CT molecular complexity index is 638. The molecular formula is C15H15FN2O. The number of Topliss-reactive ketones (excluding diaryl/α,β-unsaturated/α-hetero) is 1. The zero-order chi connectivity index (χ0) is 14.0. The van der Waals surface area contributed by atoms with E-state index in [2.05, 4.69) is 5.32 Å². The van der Waals surface area contributed by atoms with Crippen LogP contribution in [-0.2, 0) is 0 Å². The molecule has 0 aliphatic carbocycles. The summed E-state index contributed by atoms with van der Waals surface area (Å²) in [4.78, 5) is 11.3. The summed E-state index contributed by atoms with van der Waals surface area (Å²) in [6.45, 7) is 3.17. The summed E-state index contributed by atoms with van der Waals surface area (Å²) in [6.07, 6.45) is 0. The molecule has 19 heavy (non-hydrogen) atoms. The minimum atomic E-state index is -0.265. The van der Waals surface area contributed by atoms with Gasteiger partial charge in [0.2, 0.25) is 0 Å². The number of anilines is 3. The van der Waals surface area contributed by atoms with Crippen LogP contribution in [0.2, 0.25) is 0 Å². The van der Waals surface area contributed by atoms with Gasteiger partial charge in [0.05, 0.1) is 0 Å². The highest BCUT2D eigenvalue weighted by Crippen LogP contribution is 2.25. The van der Waals surface area contributed by atoms with Crippen LogP contribution in [0.15, 0.2) is 36.4 Å². The summed E-state index contributed by atoms with van der Waals surface area (Å²) >= 11 is 0. The van der Waals surface area contributed by atoms with Crippen LogP contribution in [0.1, 0.15) is 22.8 Å². The first-order chi connectivity index (χ1) is 8.99. The fraction of sp³-hybridized carbons (Fsp3) is 0.133. The number of carbonyl (C=O) groups excluding carboxylic acids is 1. The van der Waals surface area contributed by atoms with Crippen LogP contribution in [0, 0.1) is 12.7 Å². The number of nitrogens with two attached hydrogens (primary N) is 1. The summed E-state index contributed by atoms with van der Waals surface area (Å²) in [5, 5.41) is 3.09. The number of carbonyl (C=O) groups is 1. The van der Waals surface area contributed by atoms with Gasteiger partial charge in [-0.2, -0.15) is 0 Å². The van der Waals surface area contributed by atoms with E-state index < -0.39 is 0 Å². The molecule has 0 spiro atoms. The smallest absolute Gasteiger partial charge is 0.161 e. The fourth-order valence-electron chi connectivity index (χ4n) is 1.86. The molecule has 0 atom stereocenters. The van der Waals surface area contributed by atoms with Crippen molar-refractivity contribution in [2.24, 2.45) is 0 Å². The third-order valence-corrected chi connectivity index (χ3v) is 2.98. The molecule has 0 bridgehead atoms. The predicted octanol–water partition coefficient (Wildman–Crippen LogP) is 3.66. The molecule has 0 unspecified atom stereocenters. The summed E-state index contributed by atoms with van der Waals surface area (Å²) in [5.41, 5.74) is 8.64. The lowest BCUT2D eigenvalue weighted by Gasteiger charge is -2.11. The van der Waals surface area contributed by atoms with Crippen molar-refractivity contribution >= 4 is 22.8 Å². The largest absolute Gasteiger partial charge is 0.398 e. The lowest BCUT2D eigenvalue weighted by molar-refractivity contribution is 0.101. The van der Waals surface area contributed by atoms with E-state index in [-0.39, 0.29) is 11.6 Å². The van der Waals surface area contributed by atoms with Gasteiger partial charge in [-0.1, -0.05) is 6.07 Å². The Morgan fingerprint density at radius 2 is 2.00 bits per heavy atom. The lowest BCUT2D eigenvalue weighted by Crippen LogP contribution is -2.01. The Morgan fingerprint density at radius 3 is 2.63 bits per heavy atom. The van der Waals surface area contributed by atoms with Gasteiger partial charge < -0.3 is 11.1 Å². The third-order valence-electron chi connectivity index (χ3n) is 2.98. The van der Waals surface area contributed by atoms with Gasteiger partial charge in [-0.25, -0.2) is 4.39 Å². The van der Waals surface area contributed by atoms with E-state index in [4.69, 9.17) is 5.73 Å². The van der Waals surface area contributed by atoms with Gasteiger partial charge >= 0.3 is 0 Å². The average molecular weight is 258 g/mol. The first-order valence-corrected chi connectivity index (χ1v) is 5.91. The van der Waals surface area contributed by atoms with Gasteiger partial charge in [0, 0.05) is 28.2 Å². The molecule has 0 saturated carbocycles. The topological polar surface area (TPSA) is 55.1 Å². The van der Waals surface area contributed by atoms with Gasteiger partial charge in [0.1, 0.15) is 5.82 Å². The zero-order valence-corrected chi connectivity index (χ0v) is 10.8. The quantitative estimate of drug-likeness (QED) is 0.652. The molecule has 0 aliphatic heterocycles. The van der Waals surface area contributed by atoms with Crippen molar-refractivity contribution in [1.82, 2.24) is 0 Å². The van der Waals surface area contributed by atoms with E-state index in [9.17, 15) is 9.18 Å². The fourth-order valence-corrected chi connectivity index (χ4v) is 1.86. The Labute approximate surface area is 111 Å². The number of hydrogen-bond acceptors (Lipinski definition) is 3. The van der Waals surface area contributed by atoms with Crippen molar-refractivity contribution in [3.05, 3.63) is 53.3 Å². The first-order valence-electron chi connectivity index (χ1n) is 5.91. The van der Waals surface area contributed by atoms with Crippen LogP contribution in [-0.4, -0.2) is 5.78 Å². The Kier molecular flexibility index (Phi) is 3.51. The number of rotatable bonds is 3. The average Bonchev–Trinajstić information content (AvgIpc) is 2.34. The lowest BCUT2D eigenvalue weighted by atomic mass is 10.1. The zero-order valence-electron chi connectivity index (χ0n) is 10.8. The second kappa shape index (κ2) is 5.10. The number of benzene rings is 2. The SMILES string of the molecule is CC(=O)c1ccc(Nc2cccc(F)c2C)cc1N. The number of nitrogens with one attached hydrogen (secondary N) is 1. The van der Waals surface area contributed by atoms with E-state index in [0.717, 1.165) is 5.69 Å². The molecule has 0 fully saturated rings. The molecule has 3 N–H and O–H groups in total. The van der Waals surface area contributed by atoms with E-state index in [1.54, 1.807) is 37.3 Å². The monoisotopic (exact) mass is 258 g/mol. The molecule has 0 radical (unpaired) electrons. The molecule has 0 aliphatic rings. The molecule has 0 saturated heterocycles. The van der Waals surface area contributed by atoms with Crippen molar-refractivity contribution in [3.8, 4) is 0 Å². The van der Waals surface area contributed by atoms with Crippen molar-refractivity contribution in [2.45, 2.75) is 13.8 Å². The Morgan fingerprint density at radius 1 is 1.26 bits per heavy atom. The van der Waals surface area contributed by atoms with Crippen LogP contribution in [0.4, 0.5) is 21.5 Å². The highest BCUT2D eigenvalue weighted by Gasteiger charge is 2.07. The highest BCUT2D eigenvalue weighted by molar-refractivity contribution is 5.99. The highest BCUT2D eigenvalue weighted by atomic mass is 19.1. The number of halogens is 1. The van der Waals surface area contributed by atoms with Crippen LogP contribution in [0.25, 0.3) is 0 Å². The Hall–Kier alpha value is -2.36. The minimum absolute atomic E-state index is 0.0778. The van der Waals surface area contributed by atoms with Gasteiger partial charge in [-0.15, -0.1) is 0 Å². The predicted molar refractivity (Wildman–Crippen MR) is 75.3 cm³/mol. The molecular weight excluding hydrogens is 243 g/mol. The second-order valence-electron chi connectivity index (χ2n) is 4.40. The summed E-state index contributed by atoms with van der Waals surface area (Å²) in [7, 11) is 0. The number of ketones is 1. The molecule has 2 aromatic rings. The van der Waals surface area contributed by atoms with Gasteiger partial charge in [0.15, 0.2) is 5.78 Å². The number of hydrogen-bond donors (Lipinski definition) is 2. The Balaban J connectivity index is 2.32. The van der Waals surface area contributed by atoms with Gasteiger partial charge in [0.25, 0.3) is 0 Å².